The van der Waals surface area contributed by atoms with Crippen LogP contribution in [0, 0.1) is 0 Å². The van der Waals surface area contributed by atoms with E-state index in [1.54, 1.807) is 18.4 Å². The fourth-order valence-corrected chi connectivity index (χ4v) is 3.98. The van der Waals surface area contributed by atoms with E-state index in [9.17, 15) is 33.9 Å². The lowest BCUT2D eigenvalue weighted by molar-refractivity contribution is -0.142. The van der Waals surface area contributed by atoms with E-state index >= 15 is 0 Å². The molecule has 0 saturated carbocycles. The zero-order chi connectivity index (χ0) is 35.2. The highest BCUT2D eigenvalue weighted by atomic mass is 16.5. The number of carbonyl (C=O) groups is 5. The molecule has 0 fully saturated rings. The van der Waals surface area contributed by atoms with Crippen LogP contribution in [0.2, 0.25) is 0 Å². The predicted molar refractivity (Wildman–Crippen MR) is 170 cm³/mol. The highest BCUT2D eigenvalue weighted by Gasteiger charge is 2.20. The Bertz CT molecular complexity index is 1090. The van der Waals surface area contributed by atoms with Crippen molar-refractivity contribution < 1.29 is 62.7 Å². The number of carboxylic acid groups (broad SMARTS) is 2. The molecule has 1 aromatic carbocycles. The van der Waals surface area contributed by atoms with Gasteiger partial charge in [-0.05, 0) is 43.5 Å². The second kappa shape index (κ2) is 27.9. The van der Waals surface area contributed by atoms with Crippen molar-refractivity contribution in [3.63, 3.8) is 0 Å². The zero-order valence-electron chi connectivity index (χ0n) is 27.2. The topological polar surface area (TPSA) is 225 Å². The second-order valence-electron chi connectivity index (χ2n) is 10.4. The van der Waals surface area contributed by atoms with Crippen LogP contribution in [0.4, 0.5) is 0 Å². The maximum atomic E-state index is 12.2. The normalized spacial score (nSPS) is 11.3. The van der Waals surface area contributed by atoms with Crippen molar-refractivity contribution in [1.29, 1.82) is 0 Å². The van der Waals surface area contributed by atoms with Gasteiger partial charge in [0.2, 0.25) is 24.0 Å². The SMILES string of the molecule is O=[C]COCCOCCNC(=O)COCCOCCNC(=O)CC[C@H](NC(=O)CCCCCCCOc1ccc(C(=O)O)cc1)C(=O)O. The molecule has 269 valence electrons. The molecule has 0 aromatic heterocycles. The lowest BCUT2D eigenvalue weighted by Gasteiger charge is -2.14. The summed E-state index contributed by atoms with van der Waals surface area (Å²) in [5.74, 6) is -2.67. The van der Waals surface area contributed by atoms with Crippen molar-refractivity contribution in [1.82, 2.24) is 16.0 Å². The molecule has 5 N–H and O–H groups in total. The minimum absolute atomic E-state index is 0.0521. The number of rotatable bonds is 31. The molecular weight excluding hydrogens is 634 g/mol. The number of carboxylic acids is 2. The Hall–Kier alpha value is -4.12. The van der Waals surface area contributed by atoms with Gasteiger partial charge in [-0.15, -0.1) is 0 Å². The third-order valence-electron chi connectivity index (χ3n) is 6.49. The summed E-state index contributed by atoms with van der Waals surface area (Å²) in [6.07, 6.45) is 5.61. The first-order valence-corrected chi connectivity index (χ1v) is 15.9. The number of hydrogen-bond donors (Lipinski definition) is 5. The van der Waals surface area contributed by atoms with Gasteiger partial charge in [0.05, 0.1) is 51.8 Å². The monoisotopic (exact) mass is 682 g/mol. The molecule has 0 bridgehead atoms. The number of carbonyl (C=O) groups excluding carboxylic acids is 4. The Kier molecular flexibility index (Phi) is 24.4. The molecule has 1 radical (unpaired) electrons. The van der Waals surface area contributed by atoms with Crippen molar-refractivity contribution >= 4 is 35.9 Å². The van der Waals surface area contributed by atoms with E-state index in [-0.39, 0.29) is 88.7 Å². The van der Waals surface area contributed by atoms with E-state index < -0.39 is 18.0 Å². The summed E-state index contributed by atoms with van der Waals surface area (Å²) in [6.45, 7) is 2.18. The molecule has 1 atom stereocenters. The molecule has 0 saturated heterocycles. The molecule has 1 aromatic rings. The summed E-state index contributed by atoms with van der Waals surface area (Å²) < 4.78 is 26.2. The van der Waals surface area contributed by atoms with Gasteiger partial charge < -0.3 is 49.8 Å². The Morgan fingerprint density at radius 2 is 1.27 bits per heavy atom. The molecule has 1 rings (SSSR count). The maximum absolute atomic E-state index is 12.2. The Balaban J connectivity index is 2.00. The summed E-state index contributed by atoms with van der Waals surface area (Å²) >= 11 is 0. The quantitative estimate of drug-likeness (QED) is 0.0686. The lowest BCUT2D eigenvalue weighted by Crippen LogP contribution is -2.41. The molecule has 0 aliphatic heterocycles. The molecule has 0 aliphatic carbocycles. The minimum Gasteiger partial charge on any atom is -0.494 e. The molecular formula is C32H48N3O13. The summed E-state index contributed by atoms with van der Waals surface area (Å²) in [7, 11) is 0. The molecule has 48 heavy (non-hydrogen) atoms. The number of hydrogen-bond acceptors (Lipinski definition) is 11. The molecule has 3 amide bonds. The van der Waals surface area contributed by atoms with Gasteiger partial charge in [-0.3, -0.25) is 19.2 Å². The lowest BCUT2D eigenvalue weighted by atomic mass is 10.1. The van der Waals surface area contributed by atoms with Gasteiger partial charge >= 0.3 is 11.9 Å². The number of nitrogens with one attached hydrogen (secondary N) is 3. The smallest absolute Gasteiger partial charge is 0.335 e. The number of benzene rings is 1. The second-order valence-corrected chi connectivity index (χ2v) is 10.4. The molecule has 16 nitrogen and oxygen atoms in total. The van der Waals surface area contributed by atoms with Crippen molar-refractivity contribution in [3.05, 3.63) is 29.8 Å². The number of aliphatic carboxylic acids is 1. The van der Waals surface area contributed by atoms with Crippen LogP contribution in [-0.2, 0) is 42.9 Å². The first-order chi connectivity index (χ1) is 23.2. The predicted octanol–water partition coefficient (Wildman–Crippen LogP) is 0.862. The van der Waals surface area contributed by atoms with Gasteiger partial charge in [0.25, 0.3) is 0 Å². The van der Waals surface area contributed by atoms with Crippen LogP contribution in [0.3, 0.4) is 0 Å². The van der Waals surface area contributed by atoms with Gasteiger partial charge in [-0.25, -0.2) is 9.59 Å². The third kappa shape index (κ3) is 23.2. The highest BCUT2D eigenvalue weighted by Crippen LogP contribution is 2.13. The summed E-state index contributed by atoms with van der Waals surface area (Å²) in [5, 5.41) is 26.1. The van der Waals surface area contributed by atoms with Crippen LogP contribution < -0.4 is 20.7 Å². The van der Waals surface area contributed by atoms with Crippen molar-refractivity contribution in [3.8, 4) is 5.75 Å². The van der Waals surface area contributed by atoms with E-state index in [2.05, 4.69) is 16.0 Å². The fourth-order valence-electron chi connectivity index (χ4n) is 3.98. The van der Waals surface area contributed by atoms with E-state index in [1.807, 2.05) is 0 Å². The van der Waals surface area contributed by atoms with Crippen LogP contribution in [0.1, 0.15) is 61.7 Å². The highest BCUT2D eigenvalue weighted by molar-refractivity contribution is 5.87. The van der Waals surface area contributed by atoms with Crippen molar-refractivity contribution in [2.45, 2.75) is 57.4 Å². The minimum atomic E-state index is -1.21. The van der Waals surface area contributed by atoms with Crippen LogP contribution in [0.15, 0.2) is 24.3 Å². The maximum Gasteiger partial charge on any atom is 0.335 e. The number of unbranched alkanes of at least 4 members (excludes halogenated alkanes) is 4. The summed E-state index contributed by atoms with van der Waals surface area (Å²) in [4.78, 5) is 68.4. The molecule has 0 unspecified atom stereocenters. The first-order valence-electron chi connectivity index (χ1n) is 15.9. The largest absolute Gasteiger partial charge is 0.494 e. The van der Waals surface area contributed by atoms with Gasteiger partial charge in [0.1, 0.15) is 25.0 Å². The molecule has 0 heterocycles. The number of amides is 3. The average molecular weight is 683 g/mol. The fraction of sp³-hybridized carbons (Fsp3) is 0.625. The van der Waals surface area contributed by atoms with Gasteiger partial charge in [0.15, 0.2) is 0 Å². The molecule has 0 aliphatic rings. The van der Waals surface area contributed by atoms with Crippen molar-refractivity contribution in [2.75, 3.05) is 72.6 Å². The van der Waals surface area contributed by atoms with Gasteiger partial charge in [0, 0.05) is 25.9 Å². The van der Waals surface area contributed by atoms with Crippen LogP contribution in [0.25, 0.3) is 0 Å². The average Bonchev–Trinajstić information content (AvgIpc) is 3.06. The Morgan fingerprint density at radius 3 is 1.92 bits per heavy atom. The standard InChI is InChI=1S/C32H48N3O13/c36-15-19-46-21-20-44-18-14-34-30(39)24-47-23-22-45-17-13-33-28(37)12-11-27(32(42)43)35-29(38)6-4-2-1-3-5-16-48-26-9-7-25(8-10-26)31(40)41/h7-10,27H,1-6,11-14,16-24H2,(H,33,37)(H,34,39)(H,35,38)(H,40,41)(H,42,43)/t27-/m0/s1. The van der Waals surface area contributed by atoms with Crippen LogP contribution in [-0.4, -0.2) is 125 Å². The Morgan fingerprint density at radius 1 is 0.667 bits per heavy atom. The van der Waals surface area contributed by atoms with Crippen LogP contribution in [0.5, 0.6) is 5.75 Å². The van der Waals surface area contributed by atoms with E-state index in [0.717, 1.165) is 25.7 Å². The molecule has 0 spiro atoms. The summed E-state index contributed by atoms with van der Waals surface area (Å²) in [6, 6.07) is 5.02. The number of aromatic carboxylic acids is 1. The van der Waals surface area contributed by atoms with Crippen LogP contribution >= 0.6 is 0 Å². The number of ether oxygens (including phenoxy) is 5. The van der Waals surface area contributed by atoms with E-state index in [0.29, 0.717) is 38.5 Å². The van der Waals surface area contributed by atoms with Gasteiger partial charge in [-0.2, -0.15) is 0 Å². The van der Waals surface area contributed by atoms with E-state index in [1.165, 1.54) is 12.1 Å². The van der Waals surface area contributed by atoms with Gasteiger partial charge in [-0.1, -0.05) is 19.3 Å². The van der Waals surface area contributed by atoms with Crippen molar-refractivity contribution in [2.24, 2.45) is 0 Å². The molecule has 16 heteroatoms. The zero-order valence-corrected chi connectivity index (χ0v) is 27.2. The Labute approximate surface area is 280 Å². The van der Waals surface area contributed by atoms with E-state index in [4.69, 9.17) is 28.8 Å². The first kappa shape index (κ1) is 41.9. The summed E-state index contributed by atoms with van der Waals surface area (Å²) in [5.41, 5.74) is 0.196. The third-order valence-corrected chi connectivity index (χ3v) is 6.49.